The number of benzene rings is 1. The molecule has 140 valence electrons. The molecule has 0 fully saturated rings. The Morgan fingerprint density at radius 1 is 1.30 bits per heavy atom. The van der Waals surface area contributed by atoms with E-state index in [-0.39, 0.29) is 12.1 Å². The molecule has 2 aromatic heterocycles. The summed E-state index contributed by atoms with van der Waals surface area (Å²) in [6.07, 6.45) is 1.83. The number of ether oxygens (including phenoxy) is 1. The average molecular weight is 388 g/mol. The van der Waals surface area contributed by atoms with Crippen molar-refractivity contribution in [3.8, 4) is 0 Å². The van der Waals surface area contributed by atoms with Gasteiger partial charge in [0.2, 0.25) is 5.72 Å². The number of aryl methyl sites for hydroxylation is 1. The van der Waals surface area contributed by atoms with Gasteiger partial charge in [-0.1, -0.05) is 41.9 Å². The van der Waals surface area contributed by atoms with E-state index < -0.39 is 17.6 Å². The maximum absolute atomic E-state index is 12.6. The number of aliphatic hydroxyl groups is 1. The molecule has 3 rings (SSSR count). The molecule has 1 aromatic carbocycles. The van der Waals surface area contributed by atoms with Crippen molar-refractivity contribution in [2.45, 2.75) is 18.6 Å². The number of pyridine rings is 1. The summed E-state index contributed by atoms with van der Waals surface area (Å²) in [6, 6.07) is 12.5. The highest BCUT2D eigenvalue weighted by Crippen LogP contribution is 2.19. The van der Waals surface area contributed by atoms with E-state index in [1.54, 1.807) is 12.1 Å². The van der Waals surface area contributed by atoms with Crippen molar-refractivity contribution in [1.82, 2.24) is 15.3 Å². The van der Waals surface area contributed by atoms with Crippen molar-refractivity contribution in [2.75, 3.05) is 7.11 Å². The summed E-state index contributed by atoms with van der Waals surface area (Å²) in [7, 11) is 1.15. The van der Waals surface area contributed by atoms with Gasteiger partial charge >= 0.3 is 5.97 Å². The van der Waals surface area contributed by atoms with E-state index in [9.17, 15) is 14.7 Å². The van der Waals surface area contributed by atoms with Crippen LogP contribution in [0.1, 0.15) is 22.5 Å². The van der Waals surface area contributed by atoms with Gasteiger partial charge in [-0.05, 0) is 24.1 Å². The number of halogens is 1. The Kier molecular flexibility index (Phi) is 5.43. The summed E-state index contributed by atoms with van der Waals surface area (Å²) in [5, 5.41) is 14.1. The zero-order chi connectivity index (χ0) is 19.4. The number of aromatic nitrogens is 2. The van der Waals surface area contributed by atoms with Crippen LogP contribution < -0.4 is 5.32 Å². The van der Waals surface area contributed by atoms with Crippen molar-refractivity contribution in [1.29, 1.82) is 0 Å². The van der Waals surface area contributed by atoms with Crippen LogP contribution in [0.15, 0.2) is 48.7 Å². The number of H-pyrrole nitrogens is 1. The second kappa shape index (κ2) is 7.77. The van der Waals surface area contributed by atoms with E-state index in [0.29, 0.717) is 22.5 Å². The van der Waals surface area contributed by atoms with Crippen LogP contribution in [0, 0.1) is 0 Å². The van der Waals surface area contributed by atoms with Crippen molar-refractivity contribution in [3.63, 3.8) is 0 Å². The number of aromatic amines is 1. The van der Waals surface area contributed by atoms with Gasteiger partial charge < -0.3 is 20.1 Å². The molecule has 8 heteroatoms. The van der Waals surface area contributed by atoms with Crippen molar-refractivity contribution in [2.24, 2.45) is 0 Å². The standard InChI is InChI=1S/C19H18ClN3O4/c1-27-18(25)19(26,8-7-12-5-3-2-4-6-12)23-17(24)14-9-13-10-16(20)21-11-15(13)22-14/h2-6,9-11,22,26H,7-8H2,1H3,(H,23,24)/t19-/m0/s1. The molecule has 0 aliphatic heterocycles. The summed E-state index contributed by atoms with van der Waals surface area (Å²) >= 11 is 5.85. The van der Waals surface area contributed by atoms with Crippen molar-refractivity contribution >= 4 is 34.4 Å². The average Bonchev–Trinajstić information content (AvgIpc) is 3.10. The molecular weight excluding hydrogens is 370 g/mol. The Bertz CT molecular complexity index is 974. The zero-order valence-electron chi connectivity index (χ0n) is 14.5. The van der Waals surface area contributed by atoms with Gasteiger partial charge in [-0.15, -0.1) is 0 Å². The van der Waals surface area contributed by atoms with Crippen LogP contribution in [0.3, 0.4) is 0 Å². The highest BCUT2D eigenvalue weighted by atomic mass is 35.5. The number of rotatable bonds is 6. The first kappa shape index (κ1) is 18.9. The number of nitrogens with zero attached hydrogens (tertiary/aromatic N) is 1. The van der Waals surface area contributed by atoms with Crippen LogP contribution in [0.4, 0.5) is 0 Å². The monoisotopic (exact) mass is 387 g/mol. The first-order valence-corrected chi connectivity index (χ1v) is 8.60. The van der Waals surface area contributed by atoms with E-state index >= 15 is 0 Å². The normalized spacial score (nSPS) is 13.1. The second-order valence-electron chi connectivity index (χ2n) is 6.07. The lowest BCUT2D eigenvalue weighted by Crippen LogP contribution is -2.55. The molecule has 0 unspecified atom stereocenters. The number of hydrogen-bond acceptors (Lipinski definition) is 5. The number of esters is 1. The first-order chi connectivity index (χ1) is 12.9. The predicted molar refractivity (Wildman–Crippen MR) is 100 cm³/mol. The Hall–Kier alpha value is -2.90. The van der Waals surface area contributed by atoms with E-state index in [2.05, 4.69) is 20.0 Å². The molecule has 1 amide bonds. The van der Waals surface area contributed by atoms with Gasteiger partial charge in [0, 0.05) is 11.8 Å². The smallest absolute Gasteiger partial charge is 0.359 e. The minimum Gasteiger partial charge on any atom is -0.465 e. The minimum absolute atomic E-state index is 0.0387. The van der Waals surface area contributed by atoms with E-state index in [4.69, 9.17) is 11.6 Å². The summed E-state index contributed by atoms with van der Waals surface area (Å²) in [5.74, 6) is -1.59. The quantitative estimate of drug-likeness (QED) is 0.342. The third kappa shape index (κ3) is 4.27. The number of carbonyl (C=O) groups is 2. The van der Waals surface area contributed by atoms with Crippen LogP contribution in [0.25, 0.3) is 10.9 Å². The number of fused-ring (bicyclic) bond motifs is 1. The number of hydrogen-bond donors (Lipinski definition) is 3. The van der Waals surface area contributed by atoms with Crippen LogP contribution in [-0.2, 0) is 16.0 Å². The van der Waals surface area contributed by atoms with Gasteiger partial charge in [0.25, 0.3) is 5.91 Å². The summed E-state index contributed by atoms with van der Waals surface area (Å²) < 4.78 is 4.67. The molecule has 1 atom stereocenters. The van der Waals surface area contributed by atoms with Gasteiger partial charge in [-0.25, -0.2) is 9.78 Å². The third-order valence-corrected chi connectivity index (χ3v) is 4.38. The lowest BCUT2D eigenvalue weighted by Gasteiger charge is -2.26. The van der Waals surface area contributed by atoms with Crippen LogP contribution in [-0.4, -0.2) is 39.8 Å². The highest BCUT2D eigenvalue weighted by molar-refractivity contribution is 6.30. The largest absolute Gasteiger partial charge is 0.465 e. The van der Waals surface area contributed by atoms with Gasteiger partial charge in [-0.2, -0.15) is 0 Å². The summed E-state index contributed by atoms with van der Waals surface area (Å²) in [6.45, 7) is 0. The van der Waals surface area contributed by atoms with E-state index in [1.807, 2.05) is 30.3 Å². The van der Waals surface area contributed by atoms with Gasteiger partial charge in [0.15, 0.2) is 0 Å². The maximum atomic E-state index is 12.6. The fourth-order valence-corrected chi connectivity index (χ4v) is 2.90. The fourth-order valence-electron chi connectivity index (χ4n) is 2.74. The van der Waals surface area contributed by atoms with E-state index in [1.165, 1.54) is 6.20 Å². The molecule has 2 heterocycles. The lowest BCUT2D eigenvalue weighted by atomic mass is 10.0. The van der Waals surface area contributed by atoms with Crippen molar-refractivity contribution < 1.29 is 19.4 Å². The molecule has 7 nitrogen and oxygen atoms in total. The Morgan fingerprint density at radius 2 is 2.04 bits per heavy atom. The number of amides is 1. The Balaban J connectivity index is 1.79. The van der Waals surface area contributed by atoms with Crippen LogP contribution >= 0.6 is 11.6 Å². The molecule has 0 aliphatic rings. The Morgan fingerprint density at radius 3 is 2.74 bits per heavy atom. The van der Waals surface area contributed by atoms with E-state index in [0.717, 1.165) is 12.7 Å². The molecule has 0 aliphatic carbocycles. The van der Waals surface area contributed by atoms with Crippen LogP contribution in [0.5, 0.6) is 0 Å². The maximum Gasteiger partial charge on any atom is 0.359 e. The van der Waals surface area contributed by atoms with Crippen molar-refractivity contribution in [3.05, 3.63) is 65.1 Å². The molecule has 0 bridgehead atoms. The van der Waals surface area contributed by atoms with Gasteiger partial charge in [0.05, 0.1) is 18.8 Å². The first-order valence-electron chi connectivity index (χ1n) is 8.23. The van der Waals surface area contributed by atoms with Gasteiger partial charge in [-0.3, -0.25) is 4.79 Å². The molecule has 0 spiro atoms. The molecule has 0 saturated carbocycles. The summed E-state index contributed by atoms with van der Waals surface area (Å²) in [4.78, 5) is 31.5. The molecule has 27 heavy (non-hydrogen) atoms. The van der Waals surface area contributed by atoms with Gasteiger partial charge in [0.1, 0.15) is 10.8 Å². The third-order valence-electron chi connectivity index (χ3n) is 4.18. The highest BCUT2D eigenvalue weighted by Gasteiger charge is 2.39. The molecule has 3 aromatic rings. The number of methoxy groups -OCH3 is 1. The summed E-state index contributed by atoms with van der Waals surface area (Å²) in [5.41, 5.74) is -0.471. The SMILES string of the molecule is COC(=O)[C@@](O)(CCc1ccccc1)NC(=O)c1cc2cc(Cl)ncc2[nH]1. The molecule has 3 N–H and O–H groups in total. The predicted octanol–water partition coefficient (Wildman–Crippen LogP) is 2.44. The van der Waals surface area contributed by atoms with Crippen LogP contribution in [0.2, 0.25) is 5.15 Å². The zero-order valence-corrected chi connectivity index (χ0v) is 15.3. The topological polar surface area (TPSA) is 104 Å². The number of carbonyl (C=O) groups excluding carboxylic acids is 2. The second-order valence-corrected chi connectivity index (χ2v) is 6.46. The molecule has 0 saturated heterocycles. The molecular formula is C19H18ClN3O4. The number of nitrogens with one attached hydrogen (secondary N) is 2. The fraction of sp³-hybridized carbons (Fsp3) is 0.211. The lowest BCUT2D eigenvalue weighted by molar-refractivity contribution is -0.165. The Labute approximate surface area is 160 Å². The minimum atomic E-state index is -2.16. The molecule has 0 radical (unpaired) electrons.